The zero-order chi connectivity index (χ0) is 21.4. The molecule has 0 spiro atoms. The molecule has 1 unspecified atom stereocenters. The molecule has 1 heterocycles. The van der Waals surface area contributed by atoms with Crippen molar-refractivity contribution >= 4 is 33.4 Å². The Morgan fingerprint density at radius 1 is 1.21 bits per heavy atom. The van der Waals surface area contributed by atoms with Crippen molar-refractivity contribution in [2.24, 2.45) is 0 Å². The van der Waals surface area contributed by atoms with E-state index in [0.717, 1.165) is 16.0 Å². The van der Waals surface area contributed by atoms with Gasteiger partial charge in [0.1, 0.15) is 11.4 Å². The van der Waals surface area contributed by atoms with Crippen LogP contribution in [0.1, 0.15) is 44.4 Å². The van der Waals surface area contributed by atoms with Crippen molar-refractivity contribution in [1.29, 1.82) is 0 Å². The van der Waals surface area contributed by atoms with E-state index >= 15 is 0 Å². The molecule has 2 aromatic carbocycles. The van der Waals surface area contributed by atoms with Gasteiger partial charge in [-0.25, -0.2) is 13.1 Å². The van der Waals surface area contributed by atoms with E-state index in [0.29, 0.717) is 17.9 Å². The molecule has 29 heavy (non-hydrogen) atoms. The Hall–Kier alpha value is -2.03. The third-order valence-electron chi connectivity index (χ3n) is 4.71. The number of carbonyl (C=O) groups is 1. The number of amides is 1. The molecule has 0 saturated carbocycles. The van der Waals surface area contributed by atoms with Gasteiger partial charge < -0.3 is 10.1 Å². The van der Waals surface area contributed by atoms with Gasteiger partial charge in [-0.1, -0.05) is 17.7 Å². The Kier molecular flexibility index (Phi) is 5.98. The van der Waals surface area contributed by atoms with E-state index in [9.17, 15) is 13.2 Å². The minimum absolute atomic E-state index is 0.109. The van der Waals surface area contributed by atoms with Crippen molar-refractivity contribution in [3.8, 4) is 5.75 Å². The number of benzene rings is 2. The van der Waals surface area contributed by atoms with Crippen LogP contribution < -0.4 is 14.8 Å². The second kappa shape index (κ2) is 8.01. The van der Waals surface area contributed by atoms with Gasteiger partial charge in [0.25, 0.3) is 0 Å². The molecule has 0 saturated heterocycles. The van der Waals surface area contributed by atoms with Crippen LogP contribution in [-0.4, -0.2) is 26.2 Å². The van der Waals surface area contributed by atoms with Crippen LogP contribution in [0, 0.1) is 6.92 Å². The lowest BCUT2D eigenvalue weighted by Crippen LogP contribution is -2.41. The lowest BCUT2D eigenvalue weighted by molar-refractivity contribution is -0.114. The molecule has 1 atom stereocenters. The second-order valence-electron chi connectivity index (χ2n) is 7.82. The van der Waals surface area contributed by atoms with Gasteiger partial charge in [0.15, 0.2) is 0 Å². The molecular weight excluding hydrogens is 408 g/mol. The first-order valence-electron chi connectivity index (χ1n) is 9.28. The molecule has 1 aliphatic rings. The van der Waals surface area contributed by atoms with E-state index in [4.69, 9.17) is 4.74 Å². The van der Waals surface area contributed by atoms with Crippen molar-refractivity contribution in [3.63, 3.8) is 0 Å². The smallest absolute Gasteiger partial charge is 0.241 e. The van der Waals surface area contributed by atoms with Crippen molar-refractivity contribution < 1.29 is 17.9 Å². The summed E-state index contributed by atoms with van der Waals surface area (Å²) in [5.41, 5.74) is 1.85. The number of rotatable bonds is 5. The highest BCUT2D eigenvalue weighted by Crippen LogP contribution is 2.40. The lowest BCUT2D eigenvalue weighted by Gasteiger charge is -2.38. The molecular formula is C21H26N2O4S2. The quantitative estimate of drug-likeness (QED) is 0.687. The highest BCUT2D eigenvalue weighted by molar-refractivity contribution is 7.98. The van der Waals surface area contributed by atoms with E-state index in [1.54, 1.807) is 12.1 Å². The summed E-state index contributed by atoms with van der Waals surface area (Å²) in [6.07, 6.45) is 2.38. The monoisotopic (exact) mass is 434 g/mol. The summed E-state index contributed by atoms with van der Waals surface area (Å²) in [6.45, 7) is 7.25. The summed E-state index contributed by atoms with van der Waals surface area (Å²) in [4.78, 5) is 12.4. The molecule has 156 valence electrons. The minimum atomic E-state index is -3.82. The fourth-order valence-electron chi connectivity index (χ4n) is 3.48. The Morgan fingerprint density at radius 2 is 1.93 bits per heavy atom. The number of hydrogen-bond acceptors (Lipinski definition) is 5. The maximum atomic E-state index is 13.2. The predicted molar refractivity (Wildman–Crippen MR) is 116 cm³/mol. The zero-order valence-corrected chi connectivity index (χ0v) is 18.8. The number of hydrogen-bond donors (Lipinski definition) is 2. The summed E-state index contributed by atoms with van der Waals surface area (Å²) in [5.74, 6) is 0.439. The Bertz CT molecular complexity index is 1050. The predicted octanol–water partition coefficient (Wildman–Crippen LogP) is 4.26. The average molecular weight is 435 g/mol. The summed E-state index contributed by atoms with van der Waals surface area (Å²) in [7, 11) is -3.82. The van der Waals surface area contributed by atoms with Gasteiger partial charge in [0.05, 0.1) is 16.6 Å². The molecule has 0 fully saturated rings. The number of thioether (sulfide) groups is 1. The van der Waals surface area contributed by atoms with Gasteiger partial charge in [0.2, 0.25) is 15.9 Å². The second-order valence-corrected chi connectivity index (χ2v) is 10.4. The third kappa shape index (κ3) is 4.94. The summed E-state index contributed by atoms with van der Waals surface area (Å²) < 4.78 is 35.2. The van der Waals surface area contributed by atoms with E-state index < -0.39 is 21.7 Å². The van der Waals surface area contributed by atoms with Crippen molar-refractivity contribution in [2.45, 2.75) is 55.5 Å². The van der Waals surface area contributed by atoms with Crippen LogP contribution in [-0.2, 0) is 14.8 Å². The molecule has 3 rings (SSSR count). The highest BCUT2D eigenvalue weighted by atomic mass is 32.2. The number of aryl methyl sites for hydroxylation is 1. The molecule has 2 N–H and O–H groups in total. The number of sulfonamides is 1. The van der Waals surface area contributed by atoms with Crippen LogP contribution >= 0.6 is 11.8 Å². The number of anilines is 1. The van der Waals surface area contributed by atoms with E-state index in [2.05, 4.69) is 10.0 Å². The van der Waals surface area contributed by atoms with Crippen LogP contribution in [0.2, 0.25) is 0 Å². The van der Waals surface area contributed by atoms with E-state index in [1.807, 2.05) is 45.2 Å². The number of carbonyl (C=O) groups excluding carboxylic acids is 1. The first kappa shape index (κ1) is 21.7. The number of nitrogens with one attached hydrogen (secondary N) is 2. The zero-order valence-electron chi connectivity index (χ0n) is 17.2. The summed E-state index contributed by atoms with van der Waals surface area (Å²) in [5, 5.41) is 2.70. The van der Waals surface area contributed by atoms with Crippen molar-refractivity contribution in [3.05, 3.63) is 47.5 Å². The van der Waals surface area contributed by atoms with Crippen LogP contribution in [0.25, 0.3) is 0 Å². The first-order chi connectivity index (χ1) is 13.5. The molecule has 1 aliphatic heterocycles. The summed E-state index contributed by atoms with van der Waals surface area (Å²) in [6, 6.07) is 10.1. The van der Waals surface area contributed by atoms with Gasteiger partial charge in [-0.3, -0.25) is 4.79 Å². The number of fused-ring (bicyclic) bond motifs is 1. The fourth-order valence-corrected chi connectivity index (χ4v) is 5.25. The SMILES string of the molecule is CSc1ccc(S(=O)(=O)NC2CC(C)(C)Oc3ccc(C)cc32)cc1NC(C)=O. The molecule has 8 heteroatoms. The average Bonchev–Trinajstić information content (AvgIpc) is 2.61. The first-order valence-corrected chi connectivity index (χ1v) is 12.0. The Balaban J connectivity index is 1.97. The maximum absolute atomic E-state index is 13.2. The van der Waals surface area contributed by atoms with Gasteiger partial charge in [-0.05, 0) is 51.3 Å². The van der Waals surface area contributed by atoms with Gasteiger partial charge >= 0.3 is 0 Å². The van der Waals surface area contributed by atoms with Crippen LogP contribution in [0.5, 0.6) is 5.75 Å². The lowest BCUT2D eigenvalue weighted by atomic mass is 9.89. The minimum Gasteiger partial charge on any atom is -0.487 e. The van der Waals surface area contributed by atoms with Crippen molar-refractivity contribution in [1.82, 2.24) is 4.72 Å². The third-order valence-corrected chi connectivity index (χ3v) is 6.98. The largest absolute Gasteiger partial charge is 0.487 e. The fraction of sp³-hybridized carbons (Fsp3) is 0.381. The van der Waals surface area contributed by atoms with Crippen molar-refractivity contribution in [2.75, 3.05) is 11.6 Å². The molecule has 6 nitrogen and oxygen atoms in total. The van der Waals surface area contributed by atoms with E-state index in [1.165, 1.54) is 24.8 Å². The standard InChI is InChI=1S/C21H26N2O4S2/c1-13-6-8-19-16(10-13)18(12-21(3,4)27-19)23-29(25,26)15-7-9-20(28-5)17(11-15)22-14(2)24/h6-11,18,23H,12H2,1-5H3,(H,22,24). The molecule has 1 amide bonds. The maximum Gasteiger partial charge on any atom is 0.241 e. The van der Waals surface area contributed by atoms with E-state index in [-0.39, 0.29) is 10.8 Å². The summed E-state index contributed by atoms with van der Waals surface area (Å²) >= 11 is 1.44. The Labute approximate surface area is 176 Å². The van der Waals surface area contributed by atoms with Gasteiger partial charge in [-0.2, -0.15) is 0 Å². The molecule has 0 bridgehead atoms. The van der Waals surface area contributed by atoms with Crippen LogP contribution in [0.15, 0.2) is 46.2 Å². The molecule has 2 aromatic rings. The van der Waals surface area contributed by atoms with Gasteiger partial charge in [0, 0.05) is 23.8 Å². The highest BCUT2D eigenvalue weighted by Gasteiger charge is 2.36. The van der Waals surface area contributed by atoms with Gasteiger partial charge in [-0.15, -0.1) is 11.8 Å². The number of ether oxygens (including phenoxy) is 1. The molecule has 0 radical (unpaired) electrons. The van der Waals surface area contributed by atoms with Crippen LogP contribution in [0.4, 0.5) is 5.69 Å². The Morgan fingerprint density at radius 3 is 2.59 bits per heavy atom. The molecule has 0 aromatic heterocycles. The van der Waals surface area contributed by atoms with Crippen LogP contribution in [0.3, 0.4) is 0 Å². The normalized spacial score (nSPS) is 17.9. The topological polar surface area (TPSA) is 84.5 Å². The molecule has 0 aliphatic carbocycles.